The van der Waals surface area contributed by atoms with Gasteiger partial charge in [-0.3, -0.25) is 4.18 Å². The fourth-order valence-corrected chi connectivity index (χ4v) is 2.43. The third-order valence-corrected chi connectivity index (χ3v) is 3.36. The molecule has 0 fully saturated rings. The van der Waals surface area contributed by atoms with Crippen molar-refractivity contribution in [2.75, 3.05) is 0 Å². The van der Waals surface area contributed by atoms with E-state index in [1.807, 2.05) is 13.8 Å². The topological polar surface area (TPSA) is 66.4 Å². The van der Waals surface area contributed by atoms with Crippen molar-refractivity contribution in [1.29, 1.82) is 0 Å². The minimum absolute atomic E-state index is 0. The first-order chi connectivity index (χ1) is 6.89. The predicted octanol–water partition coefficient (Wildman–Crippen LogP) is -0.394. The molecule has 0 radical (unpaired) electrons. The van der Waals surface area contributed by atoms with Crippen molar-refractivity contribution in [2.45, 2.75) is 64.9 Å². The van der Waals surface area contributed by atoms with E-state index in [0.717, 1.165) is 19.3 Å². The Labute approximate surface area is 121 Å². The van der Waals surface area contributed by atoms with Gasteiger partial charge in [0.2, 0.25) is 10.4 Å². The van der Waals surface area contributed by atoms with E-state index in [1.54, 1.807) is 0 Å². The monoisotopic (exact) mass is 260 g/mol. The molecule has 0 heterocycles. The Morgan fingerprint density at radius 2 is 1.62 bits per heavy atom. The van der Waals surface area contributed by atoms with E-state index in [1.165, 1.54) is 0 Å². The van der Waals surface area contributed by atoms with Gasteiger partial charge in [-0.05, 0) is 19.3 Å². The van der Waals surface area contributed by atoms with Crippen molar-refractivity contribution in [2.24, 2.45) is 0 Å². The molecule has 0 N–H and O–H groups in total. The SMILES string of the molecule is CCCCCC(CC)(CC)OS(=O)(=O)[O-].[Na+]. The summed E-state index contributed by atoms with van der Waals surface area (Å²) in [4.78, 5) is 0. The maximum atomic E-state index is 10.6. The van der Waals surface area contributed by atoms with Crippen molar-refractivity contribution in [3.05, 3.63) is 0 Å². The third kappa shape index (κ3) is 8.03. The average Bonchev–Trinajstić information content (AvgIpc) is 2.15. The van der Waals surface area contributed by atoms with Crippen molar-refractivity contribution in [3.8, 4) is 0 Å². The molecule has 0 aromatic heterocycles. The van der Waals surface area contributed by atoms with Gasteiger partial charge in [-0.2, -0.15) is 0 Å². The van der Waals surface area contributed by atoms with E-state index in [9.17, 15) is 13.0 Å². The summed E-state index contributed by atoms with van der Waals surface area (Å²) < 4.78 is 36.5. The summed E-state index contributed by atoms with van der Waals surface area (Å²) >= 11 is 0. The summed E-state index contributed by atoms with van der Waals surface area (Å²) in [7, 11) is -4.59. The van der Waals surface area contributed by atoms with Crippen molar-refractivity contribution in [1.82, 2.24) is 0 Å². The molecule has 0 amide bonds. The molecule has 0 aromatic rings. The zero-order valence-corrected chi connectivity index (χ0v) is 13.6. The van der Waals surface area contributed by atoms with Crippen LogP contribution in [0.4, 0.5) is 0 Å². The van der Waals surface area contributed by atoms with Gasteiger partial charge in [0.15, 0.2) is 0 Å². The molecule has 4 nitrogen and oxygen atoms in total. The molecular formula is C10H21NaO4S. The molecule has 0 saturated heterocycles. The van der Waals surface area contributed by atoms with Crippen molar-refractivity contribution < 1.29 is 46.7 Å². The molecule has 0 aliphatic heterocycles. The molecule has 0 aliphatic carbocycles. The molecule has 92 valence electrons. The molecule has 6 heteroatoms. The Morgan fingerprint density at radius 1 is 1.12 bits per heavy atom. The molecule has 0 aliphatic rings. The van der Waals surface area contributed by atoms with Gasteiger partial charge in [0, 0.05) is 0 Å². The van der Waals surface area contributed by atoms with Crippen LogP contribution in [0.2, 0.25) is 0 Å². The third-order valence-electron chi connectivity index (χ3n) is 2.80. The first-order valence-electron chi connectivity index (χ1n) is 5.55. The summed E-state index contributed by atoms with van der Waals surface area (Å²) in [5.41, 5.74) is -0.782. The summed E-state index contributed by atoms with van der Waals surface area (Å²) in [5, 5.41) is 0. The van der Waals surface area contributed by atoms with Crippen LogP contribution in [0.25, 0.3) is 0 Å². The average molecular weight is 260 g/mol. The predicted molar refractivity (Wildman–Crippen MR) is 58.2 cm³/mol. The van der Waals surface area contributed by atoms with Gasteiger partial charge in [-0.15, -0.1) is 0 Å². The number of hydrogen-bond donors (Lipinski definition) is 0. The van der Waals surface area contributed by atoms with Crippen LogP contribution in [0.1, 0.15) is 59.3 Å². The Hall–Kier alpha value is 0.870. The first kappa shape index (κ1) is 19.2. The maximum absolute atomic E-state index is 10.6. The summed E-state index contributed by atoms with van der Waals surface area (Å²) in [5.74, 6) is 0. The Kier molecular flexibility index (Phi) is 10.7. The van der Waals surface area contributed by atoms with Gasteiger partial charge in [-0.25, -0.2) is 8.42 Å². The Bertz CT molecular complexity index is 260. The van der Waals surface area contributed by atoms with Crippen LogP contribution in [-0.4, -0.2) is 18.6 Å². The van der Waals surface area contributed by atoms with E-state index in [-0.39, 0.29) is 29.6 Å². The second-order valence-corrected chi connectivity index (χ2v) is 4.82. The van der Waals surface area contributed by atoms with Crippen LogP contribution in [0.3, 0.4) is 0 Å². The molecule has 0 bridgehead atoms. The van der Waals surface area contributed by atoms with Crippen LogP contribution >= 0.6 is 0 Å². The van der Waals surface area contributed by atoms with Gasteiger partial charge in [0.1, 0.15) is 0 Å². The van der Waals surface area contributed by atoms with Gasteiger partial charge < -0.3 is 4.55 Å². The molecular weight excluding hydrogens is 239 g/mol. The van der Waals surface area contributed by atoms with Crippen molar-refractivity contribution >= 4 is 10.4 Å². The smallest absolute Gasteiger partial charge is 0.726 e. The van der Waals surface area contributed by atoms with E-state index in [4.69, 9.17) is 0 Å². The van der Waals surface area contributed by atoms with Crippen molar-refractivity contribution in [3.63, 3.8) is 0 Å². The number of unbranched alkanes of at least 4 members (excludes halogenated alkanes) is 2. The molecule has 0 saturated carbocycles. The fraction of sp³-hybridized carbons (Fsp3) is 1.00. The van der Waals surface area contributed by atoms with Crippen LogP contribution in [0.15, 0.2) is 0 Å². The van der Waals surface area contributed by atoms with Crippen LogP contribution < -0.4 is 29.6 Å². The Morgan fingerprint density at radius 3 is 1.94 bits per heavy atom. The molecule has 0 aromatic carbocycles. The van der Waals surface area contributed by atoms with Gasteiger partial charge in [0.05, 0.1) is 5.60 Å². The minimum atomic E-state index is -4.59. The summed E-state index contributed by atoms with van der Waals surface area (Å²) in [6.07, 6.45) is 4.73. The van der Waals surface area contributed by atoms with Gasteiger partial charge >= 0.3 is 29.6 Å². The first-order valence-corrected chi connectivity index (χ1v) is 6.89. The van der Waals surface area contributed by atoms with Crippen LogP contribution in [0.5, 0.6) is 0 Å². The minimum Gasteiger partial charge on any atom is -0.726 e. The summed E-state index contributed by atoms with van der Waals surface area (Å²) in [6.45, 7) is 5.77. The van der Waals surface area contributed by atoms with Crippen LogP contribution in [0, 0.1) is 0 Å². The molecule has 0 unspecified atom stereocenters. The molecule has 0 rings (SSSR count). The zero-order chi connectivity index (χ0) is 11.9. The normalized spacial score (nSPS) is 12.2. The van der Waals surface area contributed by atoms with Crippen LogP contribution in [-0.2, 0) is 14.6 Å². The zero-order valence-electron chi connectivity index (χ0n) is 10.8. The second-order valence-electron chi connectivity index (χ2n) is 3.84. The second kappa shape index (κ2) is 8.89. The van der Waals surface area contributed by atoms with E-state index in [0.29, 0.717) is 19.3 Å². The summed E-state index contributed by atoms with van der Waals surface area (Å²) in [6, 6.07) is 0. The standard InChI is InChI=1S/C10H22O4S.Na/c1-4-7-8-9-10(5-2,6-3)14-15(11,12)13;/h4-9H2,1-3H3,(H,11,12,13);/q;+1/p-1. The van der Waals surface area contributed by atoms with E-state index < -0.39 is 16.0 Å². The quantitative estimate of drug-likeness (QED) is 0.258. The van der Waals surface area contributed by atoms with E-state index >= 15 is 0 Å². The molecule has 0 spiro atoms. The maximum Gasteiger partial charge on any atom is 1.00 e. The fourth-order valence-electron chi connectivity index (χ4n) is 1.68. The van der Waals surface area contributed by atoms with Gasteiger partial charge in [0.25, 0.3) is 0 Å². The Balaban J connectivity index is 0. The largest absolute Gasteiger partial charge is 1.00 e. The molecule has 0 atom stereocenters. The molecule has 16 heavy (non-hydrogen) atoms. The van der Waals surface area contributed by atoms with Gasteiger partial charge in [-0.1, -0.05) is 40.0 Å². The number of rotatable bonds is 8. The number of hydrogen-bond acceptors (Lipinski definition) is 4. The van der Waals surface area contributed by atoms with E-state index in [2.05, 4.69) is 11.1 Å².